The number of aromatic nitrogens is 1. The molecule has 0 aliphatic heterocycles. The van der Waals surface area contributed by atoms with E-state index in [-0.39, 0.29) is 5.56 Å². The Balaban J connectivity index is 2.17. The summed E-state index contributed by atoms with van der Waals surface area (Å²) in [5, 5.41) is 18.9. The van der Waals surface area contributed by atoms with Crippen LogP contribution in [0.1, 0.15) is 15.9 Å². The Morgan fingerprint density at radius 1 is 1.19 bits per heavy atom. The van der Waals surface area contributed by atoms with Gasteiger partial charge in [-0.05, 0) is 65.1 Å². The predicted octanol–water partition coefficient (Wildman–Crippen LogP) is 3.80. The largest absolute Gasteiger partial charge is 0.478 e. The molecule has 4 nitrogen and oxygen atoms in total. The molecule has 2 aromatic carbocycles. The second kappa shape index (κ2) is 5.22. The normalized spacial score (nSPS) is 10.5. The summed E-state index contributed by atoms with van der Waals surface area (Å²) < 4.78 is 2.85. The summed E-state index contributed by atoms with van der Waals surface area (Å²) >= 11 is 2.13. The highest BCUT2D eigenvalue weighted by molar-refractivity contribution is 14.1. The second-order valence-electron chi connectivity index (χ2n) is 4.54. The van der Waals surface area contributed by atoms with Gasteiger partial charge >= 0.3 is 5.97 Å². The summed E-state index contributed by atoms with van der Waals surface area (Å²) in [4.78, 5) is 11.0. The van der Waals surface area contributed by atoms with E-state index in [1.54, 1.807) is 24.3 Å². The van der Waals surface area contributed by atoms with Crippen LogP contribution in [0.4, 0.5) is 0 Å². The van der Waals surface area contributed by atoms with Gasteiger partial charge in [-0.15, -0.1) is 0 Å². The van der Waals surface area contributed by atoms with Crippen LogP contribution in [0.3, 0.4) is 0 Å². The van der Waals surface area contributed by atoms with E-state index in [4.69, 9.17) is 10.4 Å². The van der Waals surface area contributed by atoms with Crippen molar-refractivity contribution in [2.24, 2.45) is 0 Å². The van der Waals surface area contributed by atoms with E-state index in [0.29, 0.717) is 5.56 Å². The van der Waals surface area contributed by atoms with E-state index < -0.39 is 5.97 Å². The minimum atomic E-state index is -0.935. The van der Waals surface area contributed by atoms with Gasteiger partial charge in [0.15, 0.2) is 0 Å². The van der Waals surface area contributed by atoms with Gasteiger partial charge in [-0.2, -0.15) is 5.26 Å². The zero-order valence-corrected chi connectivity index (χ0v) is 12.9. The van der Waals surface area contributed by atoms with Gasteiger partial charge < -0.3 is 9.67 Å². The second-order valence-corrected chi connectivity index (χ2v) is 5.70. The molecule has 1 N–H and O–H groups in total. The van der Waals surface area contributed by atoms with Gasteiger partial charge in [0.05, 0.1) is 28.4 Å². The third-order valence-corrected chi connectivity index (χ3v) is 4.14. The summed E-state index contributed by atoms with van der Waals surface area (Å²) in [7, 11) is 0. The van der Waals surface area contributed by atoms with Crippen molar-refractivity contribution >= 4 is 39.5 Å². The lowest BCUT2D eigenvalue weighted by Gasteiger charge is -2.09. The number of hydrogen-bond acceptors (Lipinski definition) is 2. The summed E-state index contributed by atoms with van der Waals surface area (Å²) in [5.74, 6) is -0.935. The van der Waals surface area contributed by atoms with Crippen LogP contribution in [0.15, 0.2) is 48.7 Å². The number of aromatic carboxylic acids is 1. The highest BCUT2D eigenvalue weighted by Crippen LogP contribution is 2.25. The predicted molar refractivity (Wildman–Crippen MR) is 87.7 cm³/mol. The molecule has 0 unspecified atom stereocenters. The summed E-state index contributed by atoms with van der Waals surface area (Å²) in [6, 6.07) is 14.6. The fourth-order valence-corrected chi connectivity index (χ4v) is 3.03. The lowest BCUT2D eigenvalue weighted by molar-refractivity contribution is 0.0697. The van der Waals surface area contributed by atoms with Crippen LogP contribution in [0.5, 0.6) is 0 Å². The third kappa shape index (κ3) is 2.38. The third-order valence-electron chi connectivity index (χ3n) is 3.27. The average molecular weight is 388 g/mol. The molecule has 1 heterocycles. The Morgan fingerprint density at radius 3 is 2.67 bits per heavy atom. The molecular formula is C16H9IN2O2. The number of halogens is 1. The maximum absolute atomic E-state index is 11.0. The van der Waals surface area contributed by atoms with E-state index in [2.05, 4.69) is 28.7 Å². The Labute approximate surface area is 134 Å². The number of carbonyl (C=O) groups is 1. The summed E-state index contributed by atoms with van der Waals surface area (Å²) in [5.41, 5.74) is 2.79. The van der Waals surface area contributed by atoms with Crippen LogP contribution in [-0.2, 0) is 0 Å². The lowest BCUT2D eigenvalue weighted by Crippen LogP contribution is -2.00. The van der Waals surface area contributed by atoms with Crippen molar-refractivity contribution in [2.75, 3.05) is 0 Å². The zero-order valence-electron chi connectivity index (χ0n) is 10.7. The van der Waals surface area contributed by atoms with Gasteiger partial charge in [-0.25, -0.2) is 4.79 Å². The van der Waals surface area contributed by atoms with Gasteiger partial charge in [-0.1, -0.05) is 0 Å². The number of nitrogens with zero attached hydrogens (tertiary/aromatic N) is 2. The molecule has 0 saturated carbocycles. The Morgan fingerprint density at radius 2 is 2.00 bits per heavy atom. The Kier molecular flexibility index (Phi) is 3.39. The minimum Gasteiger partial charge on any atom is -0.478 e. The smallest absolute Gasteiger partial charge is 0.335 e. The maximum Gasteiger partial charge on any atom is 0.335 e. The highest BCUT2D eigenvalue weighted by Gasteiger charge is 2.10. The average Bonchev–Trinajstić information content (AvgIpc) is 2.89. The summed E-state index contributed by atoms with van der Waals surface area (Å²) in [6.07, 6.45) is 1.92. The van der Waals surface area contributed by atoms with Crippen molar-refractivity contribution in [3.8, 4) is 11.8 Å². The molecule has 0 aliphatic rings. The molecule has 1 aromatic heterocycles. The first-order valence-corrected chi connectivity index (χ1v) is 7.22. The minimum absolute atomic E-state index is 0.270. The van der Waals surface area contributed by atoms with Crippen LogP contribution >= 0.6 is 22.6 Å². The molecule has 3 rings (SSSR count). The first kappa shape index (κ1) is 13.6. The zero-order chi connectivity index (χ0) is 15.0. The molecule has 0 radical (unpaired) electrons. The number of carboxylic acid groups (broad SMARTS) is 1. The fourth-order valence-electron chi connectivity index (χ4n) is 2.26. The van der Waals surface area contributed by atoms with E-state index in [1.807, 2.05) is 29.0 Å². The number of rotatable bonds is 2. The molecule has 3 aromatic rings. The quantitative estimate of drug-likeness (QED) is 0.680. The van der Waals surface area contributed by atoms with E-state index >= 15 is 0 Å². The highest BCUT2D eigenvalue weighted by atomic mass is 127. The van der Waals surface area contributed by atoms with Crippen LogP contribution in [-0.4, -0.2) is 15.6 Å². The molecule has 0 spiro atoms. The van der Waals surface area contributed by atoms with Crippen LogP contribution in [0.2, 0.25) is 0 Å². The molecule has 0 bridgehead atoms. The van der Waals surface area contributed by atoms with Crippen LogP contribution in [0.25, 0.3) is 16.6 Å². The van der Waals surface area contributed by atoms with Crippen molar-refractivity contribution in [3.63, 3.8) is 0 Å². The number of hydrogen-bond donors (Lipinski definition) is 1. The molecule has 0 amide bonds. The maximum atomic E-state index is 11.0. The van der Waals surface area contributed by atoms with Crippen molar-refractivity contribution < 1.29 is 9.90 Å². The fraction of sp³-hybridized carbons (Fsp3) is 0. The Hall–Kier alpha value is -2.33. The molecule has 0 aliphatic carbocycles. The van der Waals surface area contributed by atoms with Crippen molar-refractivity contribution in [1.82, 2.24) is 4.57 Å². The standard InChI is InChI=1S/C16H9IN2O2/c17-13-8-12(16(20)21)2-4-15(13)19-6-5-11-7-10(9-18)1-3-14(11)19/h1-8H,(H,20,21). The number of nitriles is 1. The van der Waals surface area contributed by atoms with E-state index in [0.717, 1.165) is 20.2 Å². The number of benzene rings is 2. The van der Waals surface area contributed by atoms with E-state index in [9.17, 15) is 4.79 Å². The van der Waals surface area contributed by atoms with Crippen molar-refractivity contribution in [1.29, 1.82) is 5.26 Å². The Bertz CT molecular complexity index is 906. The molecule has 102 valence electrons. The topological polar surface area (TPSA) is 66.0 Å². The SMILES string of the molecule is N#Cc1ccc2c(ccn2-c2ccc(C(=O)O)cc2I)c1. The molecule has 5 heteroatoms. The molecule has 0 saturated heterocycles. The van der Waals surface area contributed by atoms with Gasteiger partial charge in [-0.3, -0.25) is 0 Å². The van der Waals surface area contributed by atoms with Gasteiger partial charge in [0.2, 0.25) is 0 Å². The van der Waals surface area contributed by atoms with Crippen molar-refractivity contribution in [3.05, 3.63) is 63.4 Å². The van der Waals surface area contributed by atoms with Crippen LogP contribution < -0.4 is 0 Å². The molecular weight excluding hydrogens is 379 g/mol. The molecule has 0 fully saturated rings. The summed E-state index contributed by atoms with van der Waals surface area (Å²) in [6.45, 7) is 0. The lowest BCUT2D eigenvalue weighted by atomic mass is 10.1. The number of carboxylic acids is 1. The molecule has 21 heavy (non-hydrogen) atoms. The van der Waals surface area contributed by atoms with Gasteiger partial charge in [0.25, 0.3) is 0 Å². The van der Waals surface area contributed by atoms with Crippen LogP contribution in [0, 0.1) is 14.9 Å². The molecule has 0 atom stereocenters. The van der Waals surface area contributed by atoms with Crippen molar-refractivity contribution in [2.45, 2.75) is 0 Å². The first-order valence-electron chi connectivity index (χ1n) is 6.14. The van der Waals surface area contributed by atoms with Gasteiger partial charge in [0.1, 0.15) is 0 Å². The van der Waals surface area contributed by atoms with Gasteiger partial charge in [0, 0.05) is 15.2 Å². The first-order chi connectivity index (χ1) is 10.1. The monoisotopic (exact) mass is 388 g/mol. The number of fused-ring (bicyclic) bond motifs is 1. The van der Waals surface area contributed by atoms with E-state index in [1.165, 1.54) is 0 Å².